The van der Waals surface area contributed by atoms with Crippen molar-refractivity contribution in [2.75, 3.05) is 0 Å². The summed E-state index contributed by atoms with van der Waals surface area (Å²) in [6.07, 6.45) is 4.01. The van der Waals surface area contributed by atoms with Gasteiger partial charge >= 0.3 is 0 Å². The van der Waals surface area contributed by atoms with Crippen LogP contribution in [0.4, 0.5) is 0 Å². The second-order valence-electron chi connectivity index (χ2n) is 5.62. The van der Waals surface area contributed by atoms with Gasteiger partial charge in [0.15, 0.2) is 0 Å². The maximum absolute atomic E-state index is 10.1. The van der Waals surface area contributed by atoms with Gasteiger partial charge in [-0.05, 0) is 26.7 Å². The van der Waals surface area contributed by atoms with Crippen molar-refractivity contribution >= 4 is 0 Å². The lowest BCUT2D eigenvalue weighted by Crippen LogP contribution is -2.32. The molecular weight excluding hydrogens is 184 g/mol. The van der Waals surface area contributed by atoms with Gasteiger partial charge in [0.25, 0.3) is 0 Å². The van der Waals surface area contributed by atoms with Crippen LogP contribution in [-0.2, 0) is 0 Å². The first-order chi connectivity index (χ1) is 6.66. The minimum absolute atomic E-state index is 0.162. The van der Waals surface area contributed by atoms with E-state index < -0.39 is 0 Å². The van der Waals surface area contributed by atoms with E-state index in [4.69, 9.17) is 0 Å². The highest BCUT2D eigenvalue weighted by molar-refractivity contribution is 5.22. The van der Waals surface area contributed by atoms with Crippen LogP contribution in [0.1, 0.15) is 48.5 Å². The van der Waals surface area contributed by atoms with E-state index in [1.54, 1.807) is 0 Å². The topological polar surface area (TPSA) is 20.2 Å². The van der Waals surface area contributed by atoms with Crippen LogP contribution in [0.3, 0.4) is 0 Å². The smallest absolute Gasteiger partial charge is 0.0648 e. The van der Waals surface area contributed by atoms with Crippen LogP contribution in [0.25, 0.3) is 0 Å². The molecule has 1 N–H and O–H groups in total. The van der Waals surface area contributed by atoms with Gasteiger partial charge in [0.05, 0.1) is 6.10 Å². The molecule has 0 radical (unpaired) electrons. The molecule has 88 valence electrons. The van der Waals surface area contributed by atoms with Gasteiger partial charge in [-0.2, -0.15) is 0 Å². The van der Waals surface area contributed by atoms with Crippen molar-refractivity contribution in [1.82, 2.24) is 0 Å². The minimum Gasteiger partial charge on any atom is -0.392 e. The van der Waals surface area contributed by atoms with Gasteiger partial charge in [-0.25, -0.2) is 0 Å². The molecule has 0 aromatic carbocycles. The van der Waals surface area contributed by atoms with Crippen LogP contribution in [0.5, 0.6) is 0 Å². The lowest BCUT2D eigenvalue weighted by Gasteiger charge is -2.30. The predicted octanol–water partition coefficient (Wildman–Crippen LogP) is 3.94. The highest BCUT2D eigenvalue weighted by Gasteiger charge is 2.27. The van der Waals surface area contributed by atoms with Gasteiger partial charge in [0.2, 0.25) is 0 Å². The Kier molecular flexibility index (Phi) is 5.30. The molecule has 1 atom stereocenters. The van der Waals surface area contributed by atoms with Crippen molar-refractivity contribution in [3.63, 3.8) is 0 Å². The second kappa shape index (κ2) is 5.50. The second-order valence-corrected chi connectivity index (χ2v) is 5.62. The Morgan fingerprint density at radius 1 is 1.13 bits per heavy atom. The summed E-state index contributed by atoms with van der Waals surface area (Å²) >= 11 is 0. The van der Waals surface area contributed by atoms with Crippen LogP contribution in [0.15, 0.2) is 23.3 Å². The monoisotopic (exact) mass is 210 g/mol. The molecular formula is C14H26O. The Morgan fingerprint density at radius 2 is 1.60 bits per heavy atom. The SMILES string of the molecule is CC(C)=C/C(C)=C/C(C)(C)[C@@H](O)C(C)C. The molecule has 0 fully saturated rings. The maximum atomic E-state index is 10.1. The third-order valence-corrected chi connectivity index (χ3v) is 2.51. The molecule has 0 unspecified atom stereocenters. The first-order valence-corrected chi connectivity index (χ1v) is 5.69. The van der Waals surface area contributed by atoms with E-state index in [1.807, 2.05) is 0 Å². The number of allylic oxidation sites excluding steroid dienone is 3. The summed E-state index contributed by atoms with van der Waals surface area (Å²) < 4.78 is 0. The zero-order valence-corrected chi connectivity index (χ0v) is 11.3. The van der Waals surface area contributed by atoms with Crippen molar-refractivity contribution in [3.05, 3.63) is 23.3 Å². The molecule has 1 nitrogen and oxygen atoms in total. The molecule has 0 aromatic heterocycles. The Bertz CT molecular complexity index is 253. The van der Waals surface area contributed by atoms with E-state index in [2.05, 4.69) is 60.6 Å². The van der Waals surface area contributed by atoms with Crippen LogP contribution < -0.4 is 0 Å². The quantitative estimate of drug-likeness (QED) is 0.697. The van der Waals surface area contributed by atoms with Gasteiger partial charge in [-0.3, -0.25) is 0 Å². The molecule has 0 saturated carbocycles. The molecule has 0 aliphatic rings. The summed E-state index contributed by atoms with van der Waals surface area (Å²) in [4.78, 5) is 0. The molecule has 0 bridgehead atoms. The molecule has 0 aliphatic carbocycles. The molecule has 0 amide bonds. The lowest BCUT2D eigenvalue weighted by atomic mass is 9.79. The molecule has 0 heterocycles. The fourth-order valence-corrected chi connectivity index (χ4v) is 2.03. The van der Waals surface area contributed by atoms with E-state index in [0.717, 1.165) is 0 Å². The van der Waals surface area contributed by atoms with E-state index in [9.17, 15) is 5.11 Å². The van der Waals surface area contributed by atoms with Crippen molar-refractivity contribution in [3.8, 4) is 0 Å². The number of aliphatic hydroxyl groups is 1. The van der Waals surface area contributed by atoms with Crippen LogP contribution in [0, 0.1) is 11.3 Å². The van der Waals surface area contributed by atoms with Crippen molar-refractivity contribution < 1.29 is 5.11 Å². The summed E-state index contributed by atoms with van der Waals surface area (Å²) in [5.74, 6) is 0.288. The highest BCUT2D eigenvalue weighted by Crippen LogP contribution is 2.29. The van der Waals surface area contributed by atoms with Crippen LogP contribution >= 0.6 is 0 Å². The normalized spacial score (nSPS) is 15.4. The summed E-state index contributed by atoms with van der Waals surface area (Å²) in [5.41, 5.74) is 2.35. The van der Waals surface area contributed by atoms with Crippen molar-refractivity contribution in [1.29, 1.82) is 0 Å². The lowest BCUT2D eigenvalue weighted by molar-refractivity contribution is 0.0408. The number of hydrogen-bond acceptors (Lipinski definition) is 1. The first kappa shape index (κ1) is 14.4. The Morgan fingerprint density at radius 3 is 1.93 bits per heavy atom. The van der Waals surface area contributed by atoms with Crippen molar-refractivity contribution in [2.45, 2.75) is 54.6 Å². The summed E-state index contributed by atoms with van der Waals surface area (Å²) in [6, 6.07) is 0. The van der Waals surface area contributed by atoms with Gasteiger partial charge < -0.3 is 5.11 Å². The average Bonchev–Trinajstić information content (AvgIpc) is 1.99. The number of rotatable bonds is 4. The first-order valence-electron chi connectivity index (χ1n) is 5.69. The van der Waals surface area contributed by atoms with Crippen LogP contribution in [0.2, 0.25) is 0 Å². The number of aliphatic hydroxyl groups excluding tert-OH is 1. The number of hydrogen-bond donors (Lipinski definition) is 1. The Balaban J connectivity index is 4.83. The molecule has 15 heavy (non-hydrogen) atoms. The molecule has 0 aromatic rings. The van der Waals surface area contributed by atoms with Gasteiger partial charge in [0, 0.05) is 5.41 Å². The largest absolute Gasteiger partial charge is 0.392 e. The Hall–Kier alpha value is -0.560. The summed E-state index contributed by atoms with van der Waals surface area (Å²) in [6.45, 7) is 14.5. The zero-order valence-electron chi connectivity index (χ0n) is 11.3. The molecule has 0 aliphatic heterocycles. The maximum Gasteiger partial charge on any atom is 0.0648 e. The van der Waals surface area contributed by atoms with Gasteiger partial charge in [-0.1, -0.05) is 51.0 Å². The Labute approximate surface area is 94.9 Å². The fraction of sp³-hybridized carbons (Fsp3) is 0.714. The standard InChI is InChI=1S/C14H26O/c1-10(2)8-12(5)9-14(6,7)13(15)11(3)4/h8-9,11,13,15H,1-7H3/b12-9+/t13-/m0/s1. The van der Waals surface area contributed by atoms with E-state index in [-0.39, 0.29) is 17.4 Å². The fourth-order valence-electron chi connectivity index (χ4n) is 2.03. The van der Waals surface area contributed by atoms with E-state index in [0.29, 0.717) is 0 Å². The van der Waals surface area contributed by atoms with Gasteiger partial charge in [0.1, 0.15) is 0 Å². The van der Waals surface area contributed by atoms with Gasteiger partial charge in [-0.15, -0.1) is 0 Å². The average molecular weight is 210 g/mol. The molecule has 0 spiro atoms. The molecule has 0 saturated heterocycles. The molecule has 0 rings (SSSR count). The zero-order chi connectivity index (χ0) is 12.2. The highest BCUT2D eigenvalue weighted by atomic mass is 16.3. The predicted molar refractivity (Wildman–Crippen MR) is 67.8 cm³/mol. The molecule has 1 heteroatoms. The van der Waals surface area contributed by atoms with E-state index >= 15 is 0 Å². The van der Waals surface area contributed by atoms with Crippen LogP contribution in [-0.4, -0.2) is 11.2 Å². The minimum atomic E-state index is -0.294. The van der Waals surface area contributed by atoms with E-state index in [1.165, 1.54) is 11.1 Å². The summed E-state index contributed by atoms with van der Waals surface area (Å²) in [5, 5.41) is 10.1. The summed E-state index contributed by atoms with van der Waals surface area (Å²) in [7, 11) is 0. The van der Waals surface area contributed by atoms with Crippen molar-refractivity contribution in [2.24, 2.45) is 11.3 Å². The third kappa shape index (κ3) is 5.17. The third-order valence-electron chi connectivity index (χ3n) is 2.51.